The number of aliphatic imine (C=N–C) groups is 1. The van der Waals surface area contributed by atoms with Gasteiger partial charge in [0.25, 0.3) is 0 Å². The van der Waals surface area contributed by atoms with Crippen LogP contribution in [0.5, 0.6) is 0 Å². The molecule has 7 heteroatoms. The first kappa shape index (κ1) is 22.7. The fourth-order valence-corrected chi connectivity index (χ4v) is 3.72. The molecule has 0 radical (unpaired) electrons. The lowest BCUT2D eigenvalue weighted by Crippen LogP contribution is -2.39. The van der Waals surface area contributed by atoms with Crippen molar-refractivity contribution in [2.24, 2.45) is 12.0 Å². The summed E-state index contributed by atoms with van der Waals surface area (Å²) in [5.41, 5.74) is 6.51. The molecule has 28 heavy (non-hydrogen) atoms. The number of guanidine groups is 1. The van der Waals surface area contributed by atoms with Crippen LogP contribution < -0.4 is 10.6 Å². The Kier molecular flexibility index (Phi) is 8.75. The number of nitrogens with one attached hydrogen (secondary N) is 2. The molecule has 0 atom stereocenters. The maximum Gasteiger partial charge on any atom is 0.191 e. The van der Waals surface area contributed by atoms with Crippen LogP contribution >= 0.6 is 24.0 Å². The van der Waals surface area contributed by atoms with Crippen molar-refractivity contribution in [3.05, 3.63) is 52.3 Å². The van der Waals surface area contributed by atoms with Gasteiger partial charge in [0.15, 0.2) is 5.96 Å². The third-order valence-corrected chi connectivity index (χ3v) is 5.47. The molecule has 1 aliphatic rings. The Morgan fingerprint density at radius 2 is 1.93 bits per heavy atom. The van der Waals surface area contributed by atoms with Gasteiger partial charge in [0, 0.05) is 58.1 Å². The lowest BCUT2D eigenvalue weighted by Gasteiger charge is -2.28. The van der Waals surface area contributed by atoms with Gasteiger partial charge >= 0.3 is 0 Å². The Morgan fingerprint density at radius 1 is 1.18 bits per heavy atom. The molecular weight excluding hydrogens is 463 g/mol. The van der Waals surface area contributed by atoms with Crippen molar-refractivity contribution < 1.29 is 0 Å². The Hall–Kier alpha value is -1.61. The molecule has 0 unspecified atom stereocenters. The average molecular weight is 496 g/mol. The van der Waals surface area contributed by atoms with Gasteiger partial charge in [-0.2, -0.15) is 5.10 Å². The van der Waals surface area contributed by atoms with E-state index >= 15 is 0 Å². The van der Waals surface area contributed by atoms with E-state index in [1.807, 2.05) is 18.8 Å². The second-order valence-electron chi connectivity index (χ2n) is 7.27. The van der Waals surface area contributed by atoms with E-state index in [-0.39, 0.29) is 24.0 Å². The first-order chi connectivity index (χ1) is 13.1. The zero-order valence-electron chi connectivity index (χ0n) is 17.5. The van der Waals surface area contributed by atoms with Crippen molar-refractivity contribution in [1.82, 2.24) is 25.3 Å². The van der Waals surface area contributed by atoms with Crippen molar-refractivity contribution in [2.75, 3.05) is 26.7 Å². The van der Waals surface area contributed by atoms with Crippen LogP contribution in [0.2, 0.25) is 0 Å². The Labute approximate surface area is 185 Å². The van der Waals surface area contributed by atoms with E-state index < -0.39 is 0 Å². The summed E-state index contributed by atoms with van der Waals surface area (Å²) in [5.74, 6) is 0.849. The highest BCUT2D eigenvalue weighted by Gasteiger charge is 2.15. The third kappa shape index (κ3) is 5.70. The lowest BCUT2D eigenvalue weighted by atomic mass is 10.00. The summed E-state index contributed by atoms with van der Waals surface area (Å²) < 4.78 is 1.93. The molecule has 6 nitrogen and oxygen atoms in total. The number of benzene rings is 1. The van der Waals surface area contributed by atoms with Crippen LogP contribution in [0.4, 0.5) is 0 Å². The molecule has 2 aromatic rings. The largest absolute Gasteiger partial charge is 0.356 e. The zero-order valence-corrected chi connectivity index (χ0v) is 19.8. The second-order valence-corrected chi connectivity index (χ2v) is 7.27. The van der Waals surface area contributed by atoms with E-state index in [0.29, 0.717) is 0 Å². The third-order valence-electron chi connectivity index (χ3n) is 5.47. The fraction of sp³-hybridized carbons (Fsp3) is 0.524. The summed E-state index contributed by atoms with van der Waals surface area (Å²) in [6.45, 7) is 9.16. The number of nitrogens with zero attached hydrogens (tertiary/aromatic N) is 4. The molecule has 0 spiro atoms. The highest BCUT2D eigenvalue weighted by molar-refractivity contribution is 14.0. The minimum absolute atomic E-state index is 0. The van der Waals surface area contributed by atoms with E-state index in [1.165, 1.54) is 22.4 Å². The van der Waals surface area contributed by atoms with Gasteiger partial charge < -0.3 is 10.6 Å². The van der Waals surface area contributed by atoms with Crippen LogP contribution in [0, 0.1) is 13.8 Å². The van der Waals surface area contributed by atoms with Crippen molar-refractivity contribution in [1.29, 1.82) is 0 Å². The van der Waals surface area contributed by atoms with Crippen molar-refractivity contribution >= 4 is 29.9 Å². The fourth-order valence-electron chi connectivity index (χ4n) is 3.72. The SMILES string of the molecule is CN=C(NCCCN1CCc2ccccc2C1)NCc1c(C)nn(C)c1C.I. The first-order valence-electron chi connectivity index (χ1n) is 9.81. The number of halogens is 1. The number of hydrogen-bond acceptors (Lipinski definition) is 3. The predicted octanol–water partition coefficient (Wildman–Crippen LogP) is 2.77. The first-order valence-corrected chi connectivity index (χ1v) is 9.81. The molecule has 1 aromatic heterocycles. The van der Waals surface area contributed by atoms with Crippen molar-refractivity contribution in [3.8, 4) is 0 Å². The smallest absolute Gasteiger partial charge is 0.191 e. The Balaban J connectivity index is 0.00000280. The molecule has 0 bridgehead atoms. The van der Waals surface area contributed by atoms with Gasteiger partial charge in [-0.1, -0.05) is 24.3 Å². The zero-order chi connectivity index (χ0) is 19.2. The second kappa shape index (κ2) is 10.8. The van der Waals surface area contributed by atoms with Gasteiger partial charge in [-0.3, -0.25) is 14.6 Å². The number of hydrogen-bond donors (Lipinski definition) is 2. The molecule has 0 saturated heterocycles. The van der Waals surface area contributed by atoms with Gasteiger partial charge in [-0.05, 0) is 37.8 Å². The highest BCUT2D eigenvalue weighted by atomic mass is 127. The minimum Gasteiger partial charge on any atom is -0.356 e. The monoisotopic (exact) mass is 496 g/mol. The standard InChI is InChI=1S/C21H32N6.HI/c1-16-20(17(2)26(4)25-16)14-24-21(22-3)23-11-7-12-27-13-10-18-8-5-6-9-19(18)15-27;/h5-6,8-9H,7,10-15H2,1-4H3,(H2,22,23,24);1H. The Morgan fingerprint density at radius 3 is 2.61 bits per heavy atom. The van der Waals surface area contributed by atoms with Crippen LogP contribution in [-0.4, -0.2) is 47.3 Å². The van der Waals surface area contributed by atoms with Crippen LogP contribution in [0.15, 0.2) is 29.3 Å². The van der Waals surface area contributed by atoms with Gasteiger partial charge in [0.1, 0.15) is 0 Å². The van der Waals surface area contributed by atoms with Gasteiger partial charge in [0.05, 0.1) is 5.69 Å². The number of aryl methyl sites for hydroxylation is 2. The summed E-state index contributed by atoms with van der Waals surface area (Å²) in [4.78, 5) is 6.88. The maximum atomic E-state index is 4.47. The molecule has 1 aliphatic heterocycles. The van der Waals surface area contributed by atoms with Crippen molar-refractivity contribution in [2.45, 2.75) is 39.8 Å². The van der Waals surface area contributed by atoms with Crippen LogP contribution in [0.3, 0.4) is 0 Å². The van der Waals surface area contributed by atoms with E-state index in [4.69, 9.17) is 0 Å². The molecule has 2 heterocycles. The lowest BCUT2D eigenvalue weighted by molar-refractivity contribution is 0.251. The molecule has 0 aliphatic carbocycles. The van der Waals surface area contributed by atoms with Gasteiger partial charge in [-0.25, -0.2) is 0 Å². The summed E-state index contributed by atoms with van der Waals surface area (Å²) in [6, 6.07) is 8.81. The molecule has 0 fully saturated rings. The quantitative estimate of drug-likeness (QED) is 0.280. The summed E-state index contributed by atoms with van der Waals surface area (Å²) >= 11 is 0. The van der Waals surface area contributed by atoms with E-state index in [1.54, 1.807) is 0 Å². The predicted molar refractivity (Wildman–Crippen MR) is 126 cm³/mol. The van der Waals surface area contributed by atoms with Crippen molar-refractivity contribution in [3.63, 3.8) is 0 Å². The molecule has 1 aromatic carbocycles. The van der Waals surface area contributed by atoms with Crippen LogP contribution in [0.25, 0.3) is 0 Å². The molecule has 2 N–H and O–H groups in total. The van der Waals surface area contributed by atoms with Crippen LogP contribution in [0.1, 0.15) is 34.5 Å². The van der Waals surface area contributed by atoms with Crippen LogP contribution in [-0.2, 0) is 26.6 Å². The van der Waals surface area contributed by atoms with E-state index in [2.05, 4.69) is 63.7 Å². The number of rotatable bonds is 6. The molecule has 3 rings (SSSR count). The van der Waals surface area contributed by atoms with Gasteiger partial charge in [-0.15, -0.1) is 24.0 Å². The highest BCUT2D eigenvalue weighted by Crippen LogP contribution is 2.18. The topological polar surface area (TPSA) is 57.5 Å². The molecule has 154 valence electrons. The van der Waals surface area contributed by atoms with E-state index in [9.17, 15) is 0 Å². The number of aromatic nitrogens is 2. The molecule has 0 saturated carbocycles. The van der Waals surface area contributed by atoms with Gasteiger partial charge in [0.2, 0.25) is 0 Å². The molecular formula is C21H33IN6. The maximum absolute atomic E-state index is 4.47. The summed E-state index contributed by atoms with van der Waals surface area (Å²) in [6.07, 6.45) is 2.27. The van der Waals surface area contributed by atoms with E-state index in [0.717, 1.165) is 57.2 Å². The summed E-state index contributed by atoms with van der Waals surface area (Å²) in [5, 5.41) is 11.3. The Bertz CT molecular complexity index is 798. The summed E-state index contributed by atoms with van der Waals surface area (Å²) in [7, 11) is 3.80. The normalized spacial score (nSPS) is 14.4. The average Bonchev–Trinajstić information content (AvgIpc) is 2.93. The number of fused-ring (bicyclic) bond motifs is 1. The molecule has 0 amide bonds. The minimum atomic E-state index is 0.